The fourth-order valence-corrected chi connectivity index (χ4v) is 2.16. The Balaban J connectivity index is 2.14. The normalized spacial score (nSPS) is 13.0. The van der Waals surface area contributed by atoms with Crippen LogP contribution in [-0.4, -0.2) is 23.5 Å². The fourth-order valence-electron chi connectivity index (χ4n) is 1.19. The molecule has 0 fully saturated rings. The quantitative estimate of drug-likeness (QED) is 0.700. The number of aliphatic hydroxyl groups excluding tert-OH is 1. The summed E-state index contributed by atoms with van der Waals surface area (Å²) in [6.45, 7) is 2.15. The van der Waals surface area contributed by atoms with Gasteiger partial charge in [0.15, 0.2) is 0 Å². The van der Waals surface area contributed by atoms with E-state index in [1.807, 2.05) is 12.1 Å². The second-order valence-corrected chi connectivity index (χ2v) is 4.61. The summed E-state index contributed by atoms with van der Waals surface area (Å²) in [5.41, 5.74) is 5.59. The molecule has 0 amide bonds. The minimum atomic E-state index is -0.0831. The lowest BCUT2D eigenvalue weighted by atomic mass is 10.3. The van der Waals surface area contributed by atoms with Crippen LogP contribution in [0.15, 0.2) is 16.5 Å². The molecule has 1 atom stereocenters. The standard InChI is InChI=1S/C11H19NO2S/c1-2-10-3-4-11(14-10)8-15-6-5-9(12)7-13/h3-4,9,13H,2,5-8,12H2,1H3. The summed E-state index contributed by atoms with van der Waals surface area (Å²) in [6.07, 6.45) is 1.79. The van der Waals surface area contributed by atoms with E-state index in [1.165, 1.54) is 0 Å². The van der Waals surface area contributed by atoms with Crippen molar-refractivity contribution in [3.8, 4) is 0 Å². The first-order valence-electron chi connectivity index (χ1n) is 5.28. The van der Waals surface area contributed by atoms with Crippen LogP contribution in [-0.2, 0) is 12.2 Å². The van der Waals surface area contributed by atoms with Gasteiger partial charge in [-0.3, -0.25) is 0 Å². The van der Waals surface area contributed by atoms with Crippen LogP contribution in [0.25, 0.3) is 0 Å². The van der Waals surface area contributed by atoms with Crippen molar-refractivity contribution in [2.45, 2.75) is 31.6 Å². The Morgan fingerprint density at radius 1 is 1.47 bits per heavy atom. The number of aryl methyl sites for hydroxylation is 1. The Morgan fingerprint density at radius 3 is 2.80 bits per heavy atom. The first-order valence-corrected chi connectivity index (χ1v) is 6.43. The first-order chi connectivity index (χ1) is 7.26. The minimum Gasteiger partial charge on any atom is -0.465 e. The molecule has 4 heteroatoms. The lowest BCUT2D eigenvalue weighted by Gasteiger charge is -2.06. The van der Waals surface area contributed by atoms with Crippen LogP contribution in [0.2, 0.25) is 0 Å². The molecule has 0 radical (unpaired) electrons. The number of hydrogen-bond donors (Lipinski definition) is 2. The van der Waals surface area contributed by atoms with E-state index in [4.69, 9.17) is 15.3 Å². The van der Waals surface area contributed by atoms with E-state index >= 15 is 0 Å². The van der Waals surface area contributed by atoms with E-state index in [2.05, 4.69) is 6.92 Å². The molecule has 3 N–H and O–H groups in total. The van der Waals surface area contributed by atoms with Crippen LogP contribution in [0.5, 0.6) is 0 Å². The van der Waals surface area contributed by atoms with Gasteiger partial charge in [0.2, 0.25) is 0 Å². The molecule has 0 spiro atoms. The number of thioether (sulfide) groups is 1. The highest BCUT2D eigenvalue weighted by molar-refractivity contribution is 7.98. The molecule has 0 aliphatic carbocycles. The van der Waals surface area contributed by atoms with Crippen LogP contribution in [0.3, 0.4) is 0 Å². The Bertz CT molecular complexity index is 275. The molecule has 1 aromatic heterocycles. The van der Waals surface area contributed by atoms with Crippen LogP contribution < -0.4 is 5.73 Å². The van der Waals surface area contributed by atoms with Crippen LogP contribution in [0.4, 0.5) is 0 Å². The highest BCUT2D eigenvalue weighted by Gasteiger charge is 2.02. The maximum absolute atomic E-state index is 8.73. The zero-order valence-electron chi connectivity index (χ0n) is 9.11. The van der Waals surface area contributed by atoms with E-state index < -0.39 is 0 Å². The predicted molar refractivity (Wildman–Crippen MR) is 63.9 cm³/mol. The molecular formula is C11H19NO2S. The summed E-state index contributed by atoms with van der Waals surface area (Å²) in [7, 11) is 0. The van der Waals surface area contributed by atoms with Crippen LogP contribution >= 0.6 is 11.8 Å². The highest BCUT2D eigenvalue weighted by Crippen LogP contribution is 2.16. The molecule has 1 heterocycles. The average Bonchev–Trinajstić information content (AvgIpc) is 2.72. The van der Waals surface area contributed by atoms with Gasteiger partial charge in [0.05, 0.1) is 12.4 Å². The molecule has 0 aliphatic heterocycles. The first kappa shape index (κ1) is 12.6. The molecule has 0 saturated carbocycles. The molecule has 0 aromatic carbocycles. The third-order valence-electron chi connectivity index (χ3n) is 2.18. The second kappa shape index (κ2) is 6.93. The zero-order chi connectivity index (χ0) is 11.1. The Hall–Kier alpha value is -0.450. The van der Waals surface area contributed by atoms with Crippen LogP contribution in [0.1, 0.15) is 24.9 Å². The van der Waals surface area contributed by atoms with Crippen molar-refractivity contribution in [2.24, 2.45) is 5.73 Å². The van der Waals surface area contributed by atoms with Gasteiger partial charge < -0.3 is 15.3 Å². The molecular weight excluding hydrogens is 210 g/mol. The van der Waals surface area contributed by atoms with Gasteiger partial charge in [-0.05, 0) is 24.3 Å². The van der Waals surface area contributed by atoms with E-state index in [1.54, 1.807) is 11.8 Å². The molecule has 3 nitrogen and oxygen atoms in total. The monoisotopic (exact) mass is 229 g/mol. The summed E-state index contributed by atoms with van der Waals surface area (Å²) >= 11 is 1.79. The third-order valence-corrected chi connectivity index (χ3v) is 3.19. The smallest absolute Gasteiger partial charge is 0.114 e. The Kier molecular flexibility index (Phi) is 5.83. The summed E-state index contributed by atoms with van der Waals surface area (Å²) in [6, 6.07) is 3.97. The topological polar surface area (TPSA) is 59.4 Å². The molecule has 86 valence electrons. The van der Waals surface area contributed by atoms with Crippen molar-refractivity contribution in [3.05, 3.63) is 23.7 Å². The van der Waals surface area contributed by atoms with Crippen molar-refractivity contribution in [1.82, 2.24) is 0 Å². The summed E-state index contributed by atoms with van der Waals surface area (Å²) in [5.74, 6) is 3.91. The van der Waals surface area contributed by atoms with Gasteiger partial charge in [-0.15, -0.1) is 0 Å². The van der Waals surface area contributed by atoms with Gasteiger partial charge in [-0.25, -0.2) is 0 Å². The number of aliphatic hydroxyl groups is 1. The van der Waals surface area contributed by atoms with Gasteiger partial charge in [0.1, 0.15) is 11.5 Å². The number of rotatable bonds is 7. The van der Waals surface area contributed by atoms with Gasteiger partial charge in [0, 0.05) is 12.5 Å². The molecule has 1 aromatic rings. The van der Waals surface area contributed by atoms with Gasteiger partial charge in [0.25, 0.3) is 0 Å². The Labute approximate surface area is 95.0 Å². The highest BCUT2D eigenvalue weighted by atomic mass is 32.2. The minimum absolute atomic E-state index is 0.0707. The van der Waals surface area contributed by atoms with E-state index in [-0.39, 0.29) is 12.6 Å². The lowest BCUT2D eigenvalue weighted by molar-refractivity contribution is 0.264. The number of nitrogens with two attached hydrogens (primary N) is 1. The van der Waals surface area contributed by atoms with Crippen molar-refractivity contribution in [2.75, 3.05) is 12.4 Å². The van der Waals surface area contributed by atoms with Crippen molar-refractivity contribution in [1.29, 1.82) is 0 Å². The lowest BCUT2D eigenvalue weighted by Crippen LogP contribution is -2.24. The molecule has 0 aliphatic rings. The SMILES string of the molecule is CCc1ccc(CSCCC(N)CO)o1. The van der Waals surface area contributed by atoms with Gasteiger partial charge >= 0.3 is 0 Å². The maximum Gasteiger partial charge on any atom is 0.114 e. The van der Waals surface area contributed by atoms with Crippen molar-refractivity contribution >= 4 is 11.8 Å². The molecule has 15 heavy (non-hydrogen) atoms. The molecule has 0 saturated heterocycles. The number of furan rings is 1. The summed E-state index contributed by atoms with van der Waals surface area (Å²) < 4.78 is 5.56. The van der Waals surface area contributed by atoms with Crippen molar-refractivity contribution in [3.63, 3.8) is 0 Å². The molecule has 0 bridgehead atoms. The van der Waals surface area contributed by atoms with Crippen LogP contribution in [0, 0.1) is 0 Å². The second-order valence-electron chi connectivity index (χ2n) is 3.51. The summed E-state index contributed by atoms with van der Waals surface area (Å²) in [5, 5.41) is 8.73. The molecule has 1 rings (SSSR count). The average molecular weight is 229 g/mol. The zero-order valence-corrected chi connectivity index (χ0v) is 9.93. The van der Waals surface area contributed by atoms with Gasteiger partial charge in [-0.2, -0.15) is 11.8 Å². The largest absolute Gasteiger partial charge is 0.465 e. The number of hydrogen-bond acceptors (Lipinski definition) is 4. The van der Waals surface area contributed by atoms with Gasteiger partial charge in [-0.1, -0.05) is 6.92 Å². The van der Waals surface area contributed by atoms with E-state index in [0.717, 1.165) is 35.9 Å². The fraction of sp³-hybridized carbons (Fsp3) is 0.636. The third kappa shape index (κ3) is 4.73. The maximum atomic E-state index is 8.73. The van der Waals surface area contributed by atoms with E-state index in [0.29, 0.717) is 0 Å². The summed E-state index contributed by atoms with van der Waals surface area (Å²) in [4.78, 5) is 0. The van der Waals surface area contributed by atoms with Crippen molar-refractivity contribution < 1.29 is 9.52 Å². The van der Waals surface area contributed by atoms with E-state index in [9.17, 15) is 0 Å². The predicted octanol–water partition coefficient (Wildman–Crippen LogP) is 1.78. The molecule has 1 unspecified atom stereocenters. The Morgan fingerprint density at radius 2 is 2.20 bits per heavy atom.